The first-order chi connectivity index (χ1) is 14.6. The monoisotopic (exact) mass is 392 g/mol. The van der Waals surface area contributed by atoms with Crippen molar-refractivity contribution < 1.29 is 4.79 Å². The SMILES string of the molecule is Cc1ccc(N2C(=O)C(C[C@H](C)c3ccccc3)=C[C@@H]2c2cccc(C#N)c2)cc1. The molecule has 3 aromatic rings. The maximum atomic E-state index is 13.5. The first kappa shape index (κ1) is 19.7. The molecular weight excluding hydrogens is 368 g/mol. The highest BCUT2D eigenvalue weighted by molar-refractivity contribution is 6.09. The first-order valence-electron chi connectivity index (χ1n) is 10.2. The number of nitriles is 1. The molecule has 3 aromatic carbocycles. The van der Waals surface area contributed by atoms with E-state index in [0.29, 0.717) is 12.0 Å². The van der Waals surface area contributed by atoms with Gasteiger partial charge >= 0.3 is 0 Å². The van der Waals surface area contributed by atoms with Gasteiger partial charge in [0.1, 0.15) is 0 Å². The molecule has 1 aliphatic heterocycles. The Balaban J connectivity index is 1.71. The normalized spacial score (nSPS) is 16.8. The summed E-state index contributed by atoms with van der Waals surface area (Å²) in [6.07, 6.45) is 2.75. The van der Waals surface area contributed by atoms with E-state index in [0.717, 1.165) is 22.4 Å². The summed E-state index contributed by atoms with van der Waals surface area (Å²) in [4.78, 5) is 15.3. The zero-order valence-electron chi connectivity index (χ0n) is 17.2. The van der Waals surface area contributed by atoms with Gasteiger partial charge in [0.25, 0.3) is 5.91 Å². The fourth-order valence-electron chi connectivity index (χ4n) is 4.02. The second-order valence-corrected chi connectivity index (χ2v) is 7.90. The summed E-state index contributed by atoms with van der Waals surface area (Å²) in [7, 11) is 0. The highest BCUT2D eigenvalue weighted by atomic mass is 16.2. The summed E-state index contributed by atoms with van der Waals surface area (Å²) in [5.74, 6) is 0.277. The van der Waals surface area contributed by atoms with Crippen LogP contribution in [0.15, 0.2) is 90.5 Å². The smallest absolute Gasteiger partial charge is 0.254 e. The minimum Gasteiger partial charge on any atom is -0.298 e. The molecule has 0 fully saturated rings. The zero-order chi connectivity index (χ0) is 21.1. The predicted octanol–water partition coefficient (Wildman–Crippen LogP) is 6.07. The van der Waals surface area contributed by atoms with Gasteiger partial charge in [-0.1, -0.05) is 67.1 Å². The molecule has 0 saturated heterocycles. The lowest BCUT2D eigenvalue weighted by molar-refractivity contribution is -0.115. The van der Waals surface area contributed by atoms with Crippen molar-refractivity contribution >= 4 is 11.6 Å². The third-order valence-electron chi connectivity index (χ3n) is 5.69. The summed E-state index contributed by atoms with van der Waals surface area (Å²) in [5.41, 5.74) is 5.62. The van der Waals surface area contributed by atoms with Crippen LogP contribution >= 0.6 is 0 Å². The van der Waals surface area contributed by atoms with Crippen LogP contribution in [0, 0.1) is 18.3 Å². The van der Waals surface area contributed by atoms with Gasteiger partial charge < -0.3 is 0 Å². The minimum absolute atomic E-state index is 0.0361. The van der Waals surface area contributed by atoms with E-state index in [9.17, 15) is 10.1 Å². The van der Waals surface area contributed by atoms with Gasteiger partial charge in [0.15, 0.2) is 0 Å². The maximum Gasteiger partial charge on any atom is 0.254 e. The van der Waals surface area contributed by atoms with Crippen molar-refractivity contribution in [2.45, 2.75) is 32.2 Å². The number of rotatable bonds is 5. The molecule has 0 aliphatic carbocycles. The number of amides is 1. The minimum atomic E-state index is -0.216. The third-order valence-corrected chi connectivity index (χ3v) is 5.69. The highest BCUT2D eigenvalue weighted by Gasteiger charge is 2.35. The number of carbonyl (C=O) groups is 1. The topological polar surface area (TPSA) is 44.1 Å². The van der Waals surface area contributed by atoms with Gasteiger partial charge in [0.05, 0.1) is 17.7 Å². The Morgan fingerprint density at radius 2 is 1.73 bits per heavy atom. The molecule has 1 aliphatic rings. The van der Waals surface area contributed by atoms with Gasteiger partial charge in [-0.15, -0.1) is 0 Å². The quantitative estimate of drug-likeness (QED) is 0.528. The fourth-order valence-corrected chi connectivity index (χ4v) is 4.02. The standard InChI is InChI=1S/C27H24N2O/c1-19-11-13-25(14-12-19)29-26(23-10-6-7-21(16-23)18-28)17-24(27(29)30)15-20(2)22-8-4-3-5-9-22/h3-14,16-17,20,26H,15H2,1-2H3/t20-,26+/m0/s1. The number of hydrogen-bond acceptors (Lipinski definition) is 2. The van der Waals surface area contributed by atoms with Crippen molar-refractivity contribution in [3.63, 3.8) is 0 Å². The number of nitrogens with zero attached hydrogens (tertiary/aromatic N) is 2. The molecule has 2 atom stereocenters. The van der Waals surface area contributed by atoms with Crippen LogP contribution in [0.2, 0.25) is 0 Å². The summed E-state index contributed by atoms with van der Waals surface area (Å²) in [6, 6.07) is 27.8. The van der Waals surface area contributed by atoms with Crippen molar-refractivity contribution in [1.82, 2.24) is 0 Å². The Morgan fingerprint density at radius 3 is 2.43 bits per heavy atom. The molecule has 3 nitrogen and oxygen atoms in total. The molecule has 0 saturated carbocycles. The summed E-state index contributed by atoms with van der Waals surface area (Å²) in [5, 5.41) is 9.32. The van der Waals surface area contributed by atoms with Gasteiger partial charge in [0.2, 0.25) is 0 Å². The first-order valence-corrected chi connectivity index (χ1v) is 10.2. The van der Waals surface area contributed by atoms with Crippen LogP contribution in [-0.4, -0.2) is 5.91 Å². The second-order valence-electron chi connectivity index (χ2n) is 7.90. The molecule has 0 N–H and O–H groups in total. The Bertz CT molecular complexity index is 1120. The largest absolute Gasteiger partial charge is 0.298 e. The molecule has 3 heteroatoms. The van der Waals surface area contributed by atoms with E-state index in [4.69, 9.17) is 0 Å². The van der Waals surface area contributed by atoms with Gasteiger partial charge in [-0.05, 0) is 60.7 Å². The van der Waals surface area contributed by atoms with E-state index in [2.05, 4.69) is 31.2 Å². The lowest BCUT2D eigenvalue weighted by Gasteiger charge is -2.26. The number of benzene rings is 3. The van der Waals surface area contributed by atoms with Crippen molar-refractivity contribution in [3.05, 3.63) is 113 Å². The van der Waals surface area contributed by atoms with Crippen molar-refractivity contribution in [2.24, 2.45) is 0 Å². The summed E-state index contributed by atoms with van der Waals surface area (Å²) in [6.45, 7) is 4.19. The van der Waals surface area contributed by atoms with Crippen LogP contribution in [0.4, 0.5) is 5.69 Å². The number of hydrogen-bond donors (Lipinski definition) is 0. The summed E-state index contributed by atoms with van der Waals surface area (Å²) >= 11 is 0. The van der Waals surface area contributed by atoms with Crippen LogP contribution in [0.1, 0.15) is 47.6 Å². The predicted molar refractivity (Wildman–Crippen MR) is 120 cm³/mol. The second kappa shape index (κ2) is 8.39. The lowest BCUT2D eigenvalue weighted by Crippen LogP contribution is -2.29. The highest BCUT2D eigenvalue weighted by Crippen LogP contribution is 2.39. The Kier molecular flexibility index (Phi) is 5.50. The van der Waals surface area contributed by atoms with Crippen LogP contribution < -0.4 is 4.90 Å². The number of aryl methyl sites for hydroxylation is 1. The van der Waals surface area contributed by atoms with Gasteiger partial charge in [-0.2, -0.15) is 5.26 Å². The molecule has 148 valence electrons. The Labute approximate surface area is 177 Å². The molecule has 0 spiro atoms. The van der Waals surface area contributed by atoms with E-state index in [1.54, 1.807) is 6.07 Å². The van der Waals surface area contributed by atoms with Gasteiger partial charge in [0, 0.05) is 11.3 Å². The van der Waals surface area contributed by atoms with Crippen molar-refractivity contribution in [2.75, 3.05) is 4.90 Å². The maximum absolute atomic E-state index is 13.5. The van der Waals surface area contributed by atoms with E-state index >= 15 is 0 Å². The van der Waals surface area contributed by atoms with Crippen molar-refractivity contribution in [1.29, 1.82) is 5.26 Å². The molecule has 30 heavy (non-hydrogen) atoms. The van der Waals surface area contributed by atoms with Gasteiger partial charge in [-0.25, -0.2) is 0 Å². The molecule has 0 aromatic heterocycles. The number of carbonyl (C=O) groups excluding carboxylic acids is 1. The molecule has 1 amide bonds. The average molecular weight is 393 g/mol. The number of anilines is 1. The van der Waals surface area contributed by atoms with Crippen LogP contribution in [-0.2, 0) is 4.79 Å². The zero-order valence-corrected chi connectivity index (χ0v) is 17.2. The third kappa shape index (κ3) is 3.90. The fraction of sp³-hybridized carbons (Fsp3) is 0.185. The van der Waals surface area contributed by atoms with Crippen LogP contribution in [0.25, 0.3) is 0 Å². The van der Waals surface area contributed by atoms with E-state index in [-0.39, 0.29) is 17.9 Å². The van der Waals surface area contributed by atoms with E-state index < -0.39 is 0 Å². The summed E-state index contributed by atoms with van der Waals surface area (Å²) < 4.78 is 0. The Morgan fingerprint density at radius 1 is 1.00 bits per heavy atom. The van der Waals surface area contributed by atoms with E-state index in [1.165, 1.54) is 5.56 Å². The molecule has 0 radical (unpaired) electrons. The molecule has 0 bridgehead atoms. The molecule has 0 unspecified atom stereocenters. The van der Waals surface area contributed by atoms with Crippen molar-refractivity contribution in [3.8, 4) is 6.07 Å². The Hall–Kier alpha value is -3.64. The average Bonchev–Trinajstić information content (AvgIpc) is 3.11. The van der Waals surface area contributed by atoms with Crippen LogP contribution in [0.3, 0.4) is 0 Å². The van der Waals surface area contributed by atoms with E-state index in [1.807, 2.05) is 72.5 Å². The molecular formula is C27H24N2O. The van der Waals surface area contributed by atoms with Crippen LogP contribution in [0.5, 0.6) is 0 Å². The molecule has 1 heterocycles. The van der Waals surface area contributed by atoms with Gasteiger partial charge in [-0.3, -0.25) is 9.69 Å². The molecule has 4 rings (SSSR count). The lowest BCUT2D eigenvalue weighted by atomic mass is 9.93.